The average Bonchev–Trinajstić information content (AvgIpc) is 2.91. The lowest BCUT2D eigenvalue weighted by Crippen LogP contribution is -2.34. The topological polar surface area (TPSA) is 52.3 Å². The van der Waals surface area contributed by atoms with Crippen molar-refractivity contribution >= 4 is 17.3 Å². The van der Waals surface area contributed by atoms with Crippen LogP contribution in [-0.4, -0.2) is 12.0 Å². The second-order valence-electron chi connectivity index (χ2n) is 3.55. The second kappa shape index (κ2) is 4.11. The highest BCUT2D eigenvalue weighted by atomic mass is 32.1. The normalized spacial score (nSPS) is 17.8. The largest absolute Gasteiger partial charge is 0.459 e. The molecule has 14 heavy (non-hydrogen) atoms. The van der Waals surface area contributed by atoms with E-state index in [1.54, 1.807) is 11.3 Å². The molecule has 1 heterocycles. The van der Waals surface area contributed by atoms with Crippen molar-refractivity contribution in [2.75, 3.05) is 0 Å². The summed E-state index contributed by atoms with van der Waals surface area (Å²) in [4.78, 5) is 12.4. The minimum absolute atomic E-state index is 0.263. The van der Waals surface area contributed by atoms with Gasteiger partial charge in [-0.1, -0.05) is 6.07 Å². The average molecular weight is 211 g/mol. The Labute approximate surface area is 86.9 Å². The molecule has 3 nitrogen and oxygen atoms in total. The van der Waals surface area contributed by atoms with Gasteiger partial charge in [0, 0.05) is 4.88 Å². The number of esters is 1. The Morgan fingerprint density at radius 2 is 2.50 bits per heavy atom. The standard InChI is InChI=1S/C10H13NO2S/c11-9(7-3-4-7)10(12)13-6-8-2-1-5-14-8/h1-2,5,7,9H,3-4,6,11H2. The first kappa shape index (κ1) is 9.68. The molecule has 1 saturated carbocycles. The zero-order chi connectivity index (χ0) is 9.97. The molecule has 1 aliphatic carbocycles. The molecule has 2 rings (SSSR count). The molecular formula is C10H13NO2S. The van der Waals surface area contributed by atoms with E-state index < -0.39 is 6.04 Å². The van der Waals surface area contributed by atoms with E-state index in [9.17, 15) is 4.79 Å². The maximum Gasteiger partial charge on any atom is 0.323 e. The van der Waals surface area contributed by atoms with Gasteiger partial charge in [-0.05, 0) is 30.2 Å². The molecule has 2 N–H and O–H groups in total. The van der Waals surface area contributed by atoms with Gasteiger partial charge in [0.05, 0.1) is 0 Å². The van der Waals surface area contributed by atoms with Gasteiger partial charge in [-0.25, -0.2) is 0 Å². The van der Waals surface area contributed by atoms with Crippen molar-refractivity contribution in [2.24, 2.45) is 11.7 Å². The summed E-state index contributed by atoms with van der Waals surface area (Å²) < 4.78 is 5.10. The van der Waals surface area contributed by atoms with Gasteiger partial charge in [0.25, 0.3) is 0 Å². The molecule has 1 fully saturated rings. The summed E-state index contributed by atoms with van der Waals surface area (Å²) in [5, 5.41) is 1.96. The van der Waals surface area contributed by atoms with Crippen LogP contribution in [-0.2, 0) is 16.1 Å². The summed E-state index contributed by atoms with van der Waals surface area (Å²) in [6.07, 6.45) is 2.13. The first-order chi connectivity index (χ1) is 6.77. The van der Waals surface area contributed by atoms with Crippen LogP contribution < -0.4 is 5.73 Å². The third-order valence-corrected chi connectivity index (χ3v) is 3.19. The molecule has 0 bridgehead atoms. The van der Waals surface area contributed by atoms with Gasteiger partial charge >= 0.3 is 5.97 Å². The maximum atomic E-state index is 11.4. The Balaban J connectivity index is 1.77. The van der Waals surface area contributed by atoms with E-state index in [2.05, 4.69) is 0 Å². The van der Waals surface area contributed by atoms with Crippen molar-refractivity contribution < 1.29 is 9.53 Å². The first-order valence-corrected chi connectivity index (χ1v) is 5.60. The van der Waals surface area contributed by atoms with Gasteiger partial charge in [0.2, 0.25) is 0 Å². The van der Waals surface area contributed by atoms with E-state index in [1.165, 1.54) is 0 Å². The van der Waals surface area contributed by atoms with E-state index in [1.807, 2.05) is 17.5 Å². The Hall–Kier alpha value is -0.870. The van der Waals surface area contributed by atoms with E-state index in [-0.39, 0.29) is 5.97 Å². The van der Waals surface area contributed by atoms with Gasteiger partial charge in [-0.15, -0.1) is 11.3 Å². The molecule has 0 aliphatic heterocycles. The van der Waals surface area contributed by atoms with Gasteiger partial charge in [-0.3, -0.25) is 4.79 Å². The van der Waals surface area contributed by atoms with Crippen LogP contribution in [0.15, 0.2) is 17.5 Å². The fraction of sp³-hybridized carbons (Fsp3) is 0.500. The van der Waals surface area contributed by atoms with Crippen LogP contribution >= 0.6 is 11.3 Å². The maximum absolute atomic E-state index is 11.4. The minimum atomic E-state index is -0.407. The van der Waals surface area contributed by atoms with Crippen molar-refractivity contribution in [3.05, 3.63) is 22.4 Å². The van der Waals surface area contributed by atoms with E-state index in [0.717, 1.165) is 17.7 Å². The number of thiophene rings is 1. The smallest absolute Gasteiger partial charge is 0.323 e. The third-order valence-electron chi connectivity index (χ3n) is 2.34. The van der Waals surface area contributed by atoms with Gasteiger partial charge in [-0.2, -0.15) is 0 Å². The Kier molecular flexibility index (Phi) is 2.84. The van der Waals surface area contributed by atoms with Crippen molar-refractivity contribution in [1.82, 2.24) is 0 Å². The van der Waals surface area contributed by atoms with Crippen LogP contribution in [0.5, 0.6) is 0 Å². The summed E-state index contributed by atoms with van der Waals surface area (Å²) in [6, 6.07) is 3.48. The molecule has 1 unspecified atom stereocenters. The number of carbonyl (C=O) groups excluding carboxylic acids is 1. The third kappa shape index (κ3) is 2.33. The van der Waals surface area contributed by atoms with Crippen LogP contribution in [0.25, 0.3) is 0 Å². The lowest BCUT2D eigenvalue weighted by Gasteiger charge is -2.09. The molecule has 0 saturated heterocycles. The number of hydrogen-bond acceptors (Lipinski definition) is 4. The van der Waals surface area contributed by atoms with E-state index >= 15 is 0 Å². The minimum Gasteiger partial charge on any atom is -0.459 e. The van der Waals surface area contributed by atoms with Crippen molar-refractivity contribution in [3.63, 3.8) is 0 Å². The predicted octanol–water partition coefficient (Wildman–Crippen LogP) is 1.53. The zero-order valence-electron chi connectivity index (χ0n) is 7.81. The fourth-order valence-corrected chi connectivity index (χ4v) is 1.90. The SMILES string of the molecule is NC(C(=O)OCc1cccs1)C1CC1. The summed E-state index contributed by atoms with van der Waals surface area (Å²) in [6.45, 7) is 0.358. The molecule has 0 radical (unpaired) electrons. The van der Waals surface area contributed by atoms with Gasteiger partial charge in [0.1, 0.15) is 12.6 Å². The van der Waals surface area contributed by atoms with Crippen molar-refractivity contribution in [3.8, 4) is 0 Å². The molecule has 1 aromatic rings. The van der Waals surface area contributed by atoms with Gasteiger partial charge in [0.15, 0.2) is 0 Å². The van der Waals surface area contributed by atoms with Crippen LogP contribution in [0.3, 0.4) is 0 Å². The Bertz CT molecular complexity index is 306. The zero-order valence-corrected chi connectivity index (χ0v) is 8.63. The number of ether oxygens (including phenoxy) is 1. The number of rotatable bonds is 4. The summed E-state index contributed by atoms with van der Waals surface area (Å²) >= 11 is 1.58. The van der Waals surface area contributed by atoms with Gasteiger partial charge < -0.3 is 10.5 Å². The van der Waals surface area contributed by atoms with Crippen LogP contribution in [0.2, 0.25) is 0 Å². The number of hydrogen-bond donors (Lipinski definition) is 1. The first-order valence-electron chi connectivity index (χ1n) is 4.72. The highest BCUT2D eigenvalue weighted by Gasteiger charge is 2.34. The van der Waals surface area contributed by atoms with Crippen molar-refractivity contribution in [1.29, 1.82) is 0 Å². The number of nitrogens with two attached hydrogens (primary N) is 1. The highest BCUT2D eigenvalue weighted by Crippen LogP contribution is 2.32. The lowest BCUT2D eigenvalue weighted by atomic mass is 10.2. The van der Waals surface area contributed by atoms with E-state index in [4.69, 9.17) is 10.5 Å². The molecule has 1 aromatic heterocycles. The van der Waals surface area contributed by atoms with Crippen molar-refractivity contribution in [2.45, 2.75) is 25.5 Å². The monoisotopic (exact) mass is 211 g/mol. The van der Waals surface area contributed by atoms with Crippen LogP contribution in [0.4, 0.5) is 0 Å². The molecule has 0 amide bonds. The molecule has 1 aliphatic rings. The Morgan fingerprint density at radius 1 is 1.71 bits per heavy atom. The van der Waals surface area contributed by atoms with E-state index in [0.29, 0.717) is 12.5 Å². The molecule has 0 aromatic carbocycles. The highest BCUT2D eigenvalue weighted by molar-refractivity contribution is 7.09. The Morgan fingerprint density at radius 3 is 3.07 bits per heavy atom. The molecule has 1 atom stereocenters. The number of carbonyl (C=O) groups is 1. The summed E-state index contributed by atoms with van der Waals surface area (Å²) in [5.74, 6) is 0.103. The fourth-order valence-electron chi connectivity index (χ4n) is 1.28. The molecule has 4 heteroatoms. The predicted molar refractivity (Wildman–Crippen MR) is 54.8 cm³/mol. The second-order valence-corrected chi connectivity index (χ2v) is 4.58. The van der Waals surface area contributed by atoms with Crippen LogP contribution in [0, 0.1) is 5.92 Å². The summed E-state index contributed by atoms with van der Waals surface area (Å²) in [5.41, 5.74) is 5.69. The molecule has 76 valence electrons. The van der Waals surface area contributed by atoms with Crippen LogP contribution in [0.1, 0.15) is 17.7 Å². The molecular weight excluding hydrogens is 198 g/mol. The lowest BCUT2D eigenvalue weighted by molar-refractivity contribution is -0.146. The molecule has 0 spiro atoms. The summed E-state index contributed by atoms with van der Waals surface area (Å²) in [7, 11) is 0. The quantitative estimate of drug-likeness (QED) is 0.768.